The van der Waals surface area contributed by atoms with Crippen LogP contribution in [-0.4, -0.2) is 20.1 Å². The summed E-state index contributed by atoms with van der Waals surface area (Å²) in [7, 11) is 3.14. The summed E-state index contributed by atoms with van der Waals surface area (Å²) in [4.78, 5) is 0. The molecule has 2 unspecified atom stereocenters. The van der Waals surface area contributed by atoms with E-state index < -0.39 is 5.92 Å². The fourth-order valence-corrected chi connectivity index (χ4v) is 3.74. The minimum atomic E-state index is -0.708. The summed E-state index contributed by atoms with van der Waals surface area (Å²) in [5, 5.41) is 17.8. The van der Waals surface area contributed by atoms with Gasteiger partial charge < -0.3 is 14.2 Å². The highest BCUT2D eigenvalue weighted by Gasteiger charge is 2.37. The molecule has 128 valence electrons. The van der Waals surface area contributed by atoms with Gasteiger partial charge in [-0.1, -0.05) is 12.1 Å². The monoisotopic (exact) mass is 400 g/mol. The number of aryl methyl sites for hydroxylation is 1. The summed E-state index contributed by atoms with van der Waals surface area (Å²) >= 11 is 3.50. The topological polar surface area (TPSA) is 75.3 Å². The maximum atomic E-state index is 9.63. The minimum Gasteiger partial charge on any atom is -0.493 e. The van der Waals surface area contributed by atoms with E-state index in [1.54, 1.807) is 14.2 Å². The zero-order valence-electron chi connectivity index (χ0n) is 14.1. The second-order valence-electron chi connectivity index (χ2n) is 5.83. The van der Waals surface area contributed by atoms with Crippen molar-refractivity contribution in [1.29, 1.82) is 10.7 Å². The highest BCUT2D eigenvalue weighted by Crippen LogP contribution is 2.46. The molecule has 25 heavy (non-hydrogen) atoms. The van der Waals surface area contributed by atoms with Crippen LogP contribution in [0.25, 0.3) is 0 Å². The van der Waals surface area contributed by atoms with Gasteiger partial charge in [0.15, 0.2) is 11.5 Å². The minimum absolute atomic E-state index is 0.0449. The lowest BCUT2D eigenvalue weighted by atomic mass is 9.79. The largest absolute Gasteiger partial charge is 0.493 e. The van der Waals surface area contributed by atoms with Gasteiger partial charge in [-0.3, -0.25) is 5.41 Å². The number of hydrogen-bond donors (Lipinski definition) is 1. The molecule has 1 aliphatic rings. The van der Waals surface area contributed by atoms with Crippen LogP contribution in [0.5, 0.6) is 17.2 Å². The summed E-state index contributed by atoms with van der Waals surface area (Å²) in [5.41, 5.74) is 2.77. The van der Waals surface area contributed by atoms with Gasteiger partial charge in [0.1, 0.15) is 11.7 Å². The van der Waals surface area contributed by atoms with Crippen molar-refractivity contribution in [1.82, 2.24) is 0 Å². The Morgan fingerprint density at radius 1 is 1.20 bits per heavy atom. The van der Waals surface area contributed by atoms with Gasteiger partial charge in [0.05, 0.1) is 24.8 Å². The van der Waals surface area contributed by atoms with Gasteiger partial charge in [-0.25, -0.2) is 0 Å². The summed E-state index contributed by atoms with van der Waals surface area (Å²) in [6, 6.07) is 11.8. The Hall–Kier alpha value is -2.52. The second kappa shape index (κ2) is 6.77. The molecule has 0 bridgehead atoms. The van der Waals surface area contributed by atoms with Crippen LogP contribution in [0.1, 0.15) is 22.6 Å². The lowest BCUT2D eigenvalue weighted by Gasteiger charge is -2.31. The van der Waals surface area contributed by atoms with E-state index in [1.807, 2.05) is 37.3 Å². The third kappa shape index (κ3) is 2.96. The molecule has 0 aromatic heterocycles. The van der Waals surface area contributed by atoms with Crippen molar-refractivity contribution in [3.63, 3.8) is 0 Å². The molecule has 0 amide bonds. The fraction of sp³-hybridized carbons (Fsp3) is 0.263. The normalized spacial score (nSPS) is 18.8. The number of nitrogens with one attached hydrogen (secondary N) is 1. The zero-order valence-corrected chi connectivity index (χ0v) is 15.7. The third-order valence-corrected chi connectivity index (χ3v) is 4.88. The summed E-state index contributed by atoms with van der Waals surface area (Å²) in [6.45, 7) is 1.96. The van der Waals surface area contributed by atoms with Crippen LogP contribution < -0.4 is 14.2 Å². The van der Waals surface area contributed by atoms with Crippen molar-refractivity contribution in [3.05, 3.63) is 51.5 Å². The molecule has 0 spiro atoms. The SMILES string of the molecule is COc1cc(C2c3ccc(C)cc3OC(=N)C2C#N)cc(Br)c1OC. The Balaban J connectivity index is 2.22. The van der Waals surface area contributed by atoms with E-state index >= 15 is 0 Å². The van der Waals surface area contributed by atoms with Crippen LogP contribution >= 0.6 is 15.9 Å². The average molecular weight is 401 g/mol. The molecule has 1 N–H and O–H groups in total. The van der Waals surface area contributed by atoms with Crippen molar-refractivity contribution in [2.75, 3.05) is 14.2 Å². The van der Waals surface area contributed by atoms with Crippen LogP contribution in [0.2, 0.25) is 0 Å². The number of fused-ring (bicyclic) bond motifs is 1. The van der Waals surface area contributed by atoms with E-state index in [2.05, 4.69) is 22.0 Å². The van der Waals surface area contributed by atoms with Gasteiger partial charge in [0, 0.05) is 11.5 Å². The maximum Gasteiger partial charge on any atom is 0.205 e. The van der Waals surface area contributed by atoms with Crippen molar-refractivity contribution < 1.29 is 14.2 Å². The summed E-state index contributed by atoms with van der Waals surface area (Å²) < 4.78 is 17.1. The lowest BCUT2D eigenvalue weighted by molar-refractivity contribution is 0.352. The van der Waals surface area contributed by atoms with Gasteiger partial charge in [-0.05, 0) is 52.2 Å². The molecule has 0 fully saturated rings. The Morgan fingerprint density at radius 2 is 1.96 bits per heavy atom. The first kappa shape index (κ1) is 17.3. The van der Waals surface area contributed by atoms with E-state index in [-0.39, 0.29) is 11.8 Å². The molecular formula is C19H17BrN2O3. The van der Waals surface area contributed by atoms with Gasteiger partial charge >= 0.3 is 0 Å². The van der Waals surface area contributed by atoms with E-state index in [0.717, 1.165) is 21.2 Å². The Bertz CT molecular complexity index is 889. The molecule has 0 aliphatic carbocycles. The van der Waals surface area contributed by atoms with Gasteiger partial charge in [0.2, 0.25) is 5.90 Å². The number of methoxy groups -OCH3 is 2. The molecule has 1 aliphatic heterocycles. The van der Waals surface area contributed by atoms with Crippen LogP contribution in [0, 0.1) is 29.6 Å². The molecule has 2 atom stereocenters. The van der Waals surface area contributed by atoms with E-state index in [9.17, 15) is 5.26 Å². The number of halogens is 1. The van der Waals surface area contributed by atoms with Crippen molar-refractivity contribution in [2.24, 2.45) is 5.92 Å². The van der Waals surface area contributed by atoms with E-state index in [1.165, 1.54) is 0 Å². The predicted octanol–water partition coefficient (Wildman–Crippen LogP) is 4.42. The standard InChI is InChI=1S/C19H17BrN2O3/c1-10-4-5-12-15(6-10)25-19(22)13(9-21)17(12)11-7-14(20)18(24-3)16(8-11)23-2/h4-8,13,17,22H,1-3H3. The van der Waals surface area contributed by atoms with Crippen LogP contribution in [-0.2, 0) is 0 Å². The number of benzene rings is 2. The lowest BCUT2D eigenvalue weighted by Crippen LogP contribution is -2.31. The highest BCUT2D eigenvalue weighted by atomic mass is 79.9. The number of ether oxygens (including phenoxy) is 3. The first-order valence-corrected chi connectivity index (χ1v) is 8.47. The van der Waals surface area contributed by atoms with Crippen LogP contribution in [0.4, 0.5) is 0 Å². The van der Waals surface area contributed by atoms with Crippen molar-refractivity contribution in [3.8, 4) is 23.3 Å². The number of nitriles is 1. The zero-order chi connectivity index (χ0) is 18.1. The molecule has 5 nitrogen and oxygen atoms in total. The molecule has 0 radical (unpaired) electrons. The average Bonchev–Trinajstić information content (AvgIpc) is 2.59. The molecule has 3 rings (SSSR count). The Morgan fingerprint density at radius 3 is 2.60 bits per heavy atom. The van der Waals surface area contributed by atoms with E-state index in [0.29, 0.717) is 17.2 Å². The quantitative estimate of drug-likeness (QED) is 0.827. The van der Waals surface area contributed by atoms with Crippen LogP contribution in [0.15, 0.2) is 34.8 Å². The Labute approximate surface area is 154 Å². The molecule has 0 saturated carbocycles. The molecule has 6 heteroatoms. The van der Waals surface area contributed by atoms with Crippen LogP contribution in [0.3, 0.4) is 0 Å². The highest BCUT2D eigenvalue weighted by molar-refractivity contribution is 9.10. The summed E-state index contributed by atoms with van der Waals surface area (Å²) in [6.07, 6.45) is 0. The number of nitrogens with zero attached hydrogens (tertiary/aromatic N) is 1. The maximum absolute atomic E-state index is 9.63. The van der Waals surface area contributed by atoms with Gasteiger partial charge in [-0.15, -0.1) is 0 Å². The van der Waals surface area contributed by atoms with Crippen molar-refractivity contribution >= 4 is 21.8 Å². The number of rotatable bonds is 3. The Kier molecular flexibility index (Phi) is 4.69. The first-order chi connectivity index (χ1) is 12.0. The molecule has 0 saturated heterocycles. The molecular weight excluding hydrogens is 384 g/mol. The first-order valence-electron chi connectivity index (χ1n) is 7.68. The molecule has 2 aromatic rings. The van der Waals surface area contributed by atoms with Gasteiger partial charge in [-0.2, -0.15) is 5.26 Å². The van der Waals surface area contributed by atoms with Crippen molar-refractivity contribution in [2.45, 2.75) is 12.8 Å². The summed E-state index contributed by atoms with van der Waals surface area (Å²) in [5.74, 6) is 0.698. The molecule has 2 aromatic carbocycles. The predicted molar refractivity (Wildman–Crippen MR) is 97.7 cm³/mol. The van der Waals surface area contributed by atoms with E-state index in [4.69, 9.17) is 19.6 Å². The smallest absolute Gasteiger partial charge is 0.205 e. The van der Waals surface area contributed by atoms with Gasteiger partial charge in [0.25, 0.3) is 0 Å². The number of hydrogen-bond acceptors (Lipinski definition) is 5. The molecule has 1 heterocycles. The third-order valence-electron chi connectivity index (χ3n) is 4.29. The second-order valence-corrected chi connectivity index (χ2v) is 6.68. The fourth-order valence-electron chi connectivity index (χ4n) is 3.12.